The lowest BCUT2D eigenvalue weighted by Gasteiger charge is -2.35. The number of piperidine rings is 1. The molecule has 0 radical (unpaired) electrons. The van der Waals surface area contributed by atoms with Crippen LogP contribution in [-0.2, 0) is 13.1 Å². The molecule has 0 aromatic heterocycles. The van der Waals surface area contributed by atoms with Gasteiger partial charge in [0.25, 0.3) is 0 Å². The predicted octanol–water partition coefficient (Wildman–Crippen LogP) is 0.414. The van der Waals surface area contributed by atoms with E-state index >= 15 is 0 Å². The Kier molecular flexibility index (Phi) is 13.7. The molecular formula is C29H54N8. The van der Waals surface area contributed by atoms with E-state index in [0.29, 0.717) is 6.04 Å². The van der Waals surface area contributed by atoms with Gasteiger partial charge in [-0.25, -0.2) is 0 Å². The summed E-state index contributed by atoms with van der Waals surface area (Å²) in [5, 5.41) is 21.8. The summed E-state index contributed by atoms with van der Waals surface area (Å²) in [6, 6.07) is 10.1. The maximum absolute atomic E-state index is 3.76. The van der Waals surface area contributed by atoms with E-state index in [9.17, 15) is 0 Å². The van der Waals surface area contributed by atoms with Crippen molar-refractivity contribution < 1.29 is 0 Å². The molecule has 3 heterocycles. The van der Waals surface area contributed by atoms with Crippen LogP contribution < -0.4 is 31.9 Å². The van der Waals surface area contributed by atoms with Gasteiger partial charge in [0.2, 0.25) is 0 Å². The third-order valence-electron chi connectivity index (χ3n) is 7.98. The number of nitrogens with zero attached hydrogens (tertiary/aromatic N) is 2. The lowest BCUT2D eigenvalue weighted by atomic mass is 9.94. The van der Waals surface area contributed by atoms with Crippen molar-refractivity contribution in [3.8, 4) is 0 Å². The van der Waals surface area contributed by atoms with E-state index in [4.69, 9.17) is 0 Å². The van der Waals surface area contributed by atoms with Crippen molar-refractivity contribution in [1.29, 1.82) is 0 Å². The molecule has 2 unspecified atom stereocenters. The molecule has 0 aliphatic carbocycles. The highest BCUT2D eigenvalue weighted by atomic mass is 15.2. The van der Waals surface area contributed by atoms with Crippen molar-refractivity contribution in [2.75, 3.05) is 98.2 Å². The van der Waals surface area contributed by atoms with Crippen molar-refractivity contribution in [2.45, 2.75) is 44.8 Å². The summed E-state index contributed by atoms with van der Waals surface area (Å²) in [5.74, 6) is 0.729. The molecule has 3 aliphatic rings. The second-order valence-electron chi connectivity index (χ2n) is 11.3. The molecule has 0 amide bonds. The Labute approximate surface area is 226 Å². The van der Waals surface area contributed by atoms with Crippen molar-refractivity contribution in [3.63, 3.8) is 0 Å². The highest BCUT2D eigenvalue weighted by molar-refractivity contribution is 5.22. The van der Waals surface area contributed by atoms with Crippen molar-refractivity contribution in [1.82, 2.24) is 41.7 Å². The van der Waals surface area contributed by atoms with Crippen LogP contribution in [0.1, 0.15) is 36.8 Å². The molecule has 210 valence electrons. The number of hydrogen-bond donors (Lipinski definition) is 6. The topological polar surface area (TPSA) is 78.7 Å². The van der Waals surface area contributed by atoms with Crippen molar-refractivity contribution in [2.24, 2.45) is 5.92 Å². The Morgan fingerprint density at radius 1 is 0.568 bits per heavy atom. The average molecular weight is 515 g/mol. The van der Waals surface area contributed by atoms with E-state index in [0.717, 1.165) is 111 Å². The van der Waals surface area contributed by atoms with Crippen LogP contribution in [0.4, 0.5) is 0 Å². The standard InChI is InChI=1S/C29H54N8/c1-8-30-13-14-31-11-3-17-36(18-15-32-9-1)23-26-4-6-27(7-5-26)24-37-19-16-33-10-2-12-35-29-20-28(25-37)21-34-22-29/h4-7,28-35H,1-3,8-25H2. The lowest BCUT2D eigenvalue weighted by Crippen LogP contribution is -2.50. The van der Waals surface area contributed by atoms with Gasteiger partial charge >= 0.3 is 0 Å². The molecule has 2 atom stereocenters. The molecular weight excluding hydrogens is 460 g/mol. The van der Waals surface area contributed by atoms with Gasteiger partial charge in [0.05, 0.1) is 0 Å². The minimum absolute atomic E-state index is 0.627. The fraction of sp³-hybridized carbons (Fsp3) is 0.793. The molecule has 8 heteroatoms. The van der Waals surface area contributed by atoms with Gasteiger partial charge in [-0.05, 0) is 88.5 Å². The first kappa shape index (κ1) is 28.9. The van der Waals surface area contributed by atoms with Crippen LogP contribution in [-0.4, -0.2) is 114 Å². The fourth-order valence-electron chi connectivity index (χ4n) is 5.90. The summed E-state index contributed by atoms with van der Waals surface area (Å²) < 4.78 is 0. The number of benzene rings is 1. The van der Waals surface area contributed by atoms with Gasteiger partial charge < -0.3 is 31.9 Å². The van der Waals surface area contributed by atoms with E-state index in [1.807, 2.05) is 0 Å². The minimum atomic E-state index is 0.627. The SMILES string of the molecule is c1cc(CN2CCNCCCNC3CNCC(C3)C2)ccc1CN1CCCNCCNCCCNCC1. The van der Waals surface area contributed by atoms with Gasteiger partial charge in [0.15, 0.2) is 0 Å². The second-order valence-corrected chi connectivity index (χ2v) is 11.3. The highest BCUT2D eigenvalue weighted by Crippen LogP contribution is 2.16. The first-order chi connectivity index (χ1) is 18.3. The molecule has 1 aromatic carbocycles. The van der Waals surface area contributed by atoms with Crippen LogP contribution in [0.3, 0.4) is 0 Å². The van der Waals surface area contributed by atoms with Gasteiger partial charge in [-0.1, -0.05) is 24.3 Å². The van der Waals surface area contributed by atoms with Gasteiger partial charge in [0, 0.05) is 71.5 Å². The predicted molar refractivity (Wildman–Crippen MR) is 155 cm³/mol. The number of fused-ring (bicyclic) bond motifs is 2. The summed E-state index contributed by atoms with van der Waals surface area (Å²) in [4.78, 5) is 5.30. The van der Waals surface area contributed by atoms with Crippen molar-refractivity contribution >= 4 is 0 Å². The molecule has 0 spiro atoms. The summed E-state index contributed by atoms with van der Waals surface area (Å²) in [5.41, 5.74) is 2.87. The van der Waals surface area contributed by atoms with Gasteiger partial charge in [-0.2, -0.15) is 0 Å². The highest BCUT2D eigenvalue weighted by Gasteiger charge is 2.23. The lowest BCUT2D eigenvalue weighted by molar-refractivity contribution is 0.184. The first-order valence-electron chi connectivity index (χ1n) is 15.1. The summed E-state index contributed by atoms with van der Waals surface area (Å²) in [6.45, 7) is 18.8. The molecule has 6 N–H and O–H groups in total. The van der Waals surface area contributed by atoms with Gasteiger partial charge in [-0.15, -0.1) is 0 Å². The fourth-order valence-corrected chi connectivity index (χ4v) is 5.90. The number of rotatable bonds is 4. The maximum Gasteiger partial charge on any atom is 0.0234 e. The molecule has 37 heavy (non-hydrogen) atoms. The van der Waals surface area contributed by atoms with E-state index < -0.39 is 0 Å². The van der Waals surface area contributed by atoms with E-state index in [1.54, 1.807) is 0 Å². The van der Waals surface area contributed by atoms with E-state index in [1.165, 1.54) is 43.4 Å². The quantitative estimate of drug-likeness (QED) is 0.345. The Hall–Kier alpha value is -1.10. The molecule has 3 aliphatic heterocycles. The molecule has 1 aromatic rings. The van der Waals surface area contributed by atoms with Crippen LogP contribution in [0, 0.1) is 5.92 Å². The molecule has 2 bridgehead atoms. The Bertz CT molecular complexity index is 700. The summed E-state index contributed by atoms with van der Waals surface area (Å²) in [7, 11) is 0. The molecule has 3 fully saturated rings. The minimum Gasteiger partial charge on any atom is -0.315 e. The smallest absolute Gasteiger partial charge is 0.0234 e. The third-order valence-corrected chi connectivity index (χ3v) is 7.98. The van der Waals surface area contributed by atoms with E-state index in [2.05, 4.69) is 66.0 Å². The van der Waals surface area contributed by atoms with E-state index in [-0.39, 0.29) is 0 Å². The zero-order valence-electron chi connectivity index (χ0n) is 23.2. The van der Waals surface area contributed by atoms with Crippen LogP contribution in [0.2, 0.25) is 0 Å². The zero-order chi connectivity index (χ0) is 25.4. The van der Waals surface area contributed by atoms with Crippen LogP contribution >= 0.6 is 0 Å². The second kappa shape index (κ2) is 17.5. The number of hydrogen-bond acceptors (Lipinski definition) is 8. The Morgan fingerprint density at radius 3 is 1.89 bits per heavy atom. The normalized spacial score (nSPS) is 27.5. The van der Waals surface area contributed by atoms with Gasteiger partial charge in [0.1, 0.15) is 0 Å². The third kappa shape index (κ3) is 11.7. The molecule has 3 saturated heterocycles. The first-order valence-corrected chi connectivity index (χ1v) is 15.1. The van der Waals surface area contributed by atoms with Crippen LogP contribution in [0.15, 0.2) is 24.3 Å². The largest absolute Gasteiger partial charge is 0.315 e. The monoisotopic (exact) mass is 514 g/mol. The summed E-state index contributed by atoms with van der Waals surface area (Å²) >= 11 is 0. The molecule has 0 saturated carbocycles. The molecule has 8 nitrogen and oxygen atoms in total. The Balaban J connectivity index is 1.27. The van der Waals surface area contributed by atoms with Crippen LogP contribution in [0.5, 0.6) is 0 Å². The summed E-state index contributed by atoms with van der Waals surface area (Å²) in [6.07, 6.45) is 4.91. The van der Waals surface area contributed by atoms with Crippen LogP contribution in [0.25, 0.3) is 0 Å². The zero-order valence-corrected chi connectivity index (χ0v) is 23.2. The molecule has 4 rings (SSSR count). The van der Waals surface area contributed by atoms with Crippen molar-refractivity contribution in [3.05, 3.63) is 35.4 Å². The maximum atomic E-state index is 3.76. The number of nitrogens with one attached hydrogen (secondary N) is 6. The van der Waals surface area contributed by atoms with Gasteiger partial charge in [-0.3, -0.25) is 9.80 Å². The average Bonchev–Trinajstić information content (AvgIpc) is 2.91. The Morgan fingerprint density at radius 2 is 1.16 bits per heavy atom.